The summed E-state index contributed by atoms with van der Waals surface area (Å²) in [7, 11) is -1.77. The Balaban J connectivity index is 2.21. The van der Waals surface area contributed by atoms with E-state index in [4.69, 9.17) is 0 Å². The first-order valence-corrected chi connectivity index (χ1v) is 11.5. The third kappa shape index (κ3) is 2.72. The lowest BCUT2D eigenvalue weighted by Gasteiger charge is -2.38. The smallest absolute Gasteiger partial charge is 0.161 e. The van der Waals surface area contributed by atoms with Gasteiger partial charge in [-0.3, -0.25) is 0 Å². The third-order valence-electron chi connectivity index (χ3n) is 5.59. The van der Waals surface area contributed by atoms with Gasteiger partial charge in [0.05, 0.1) is 0 Å². The van der Waals surface area contributed by atoms with Gasteiger partial charge < -0.3 is 9.34 Å². The van der Waals surface area contributed by atoms with Crippen molar-refractivity contribution in [3.05, 3.63) is 71.9 Å². The zero-order valence-corrected chi connectivity index (χ0v) is 16.2. The van der Waals surface area contributed by atoms with Crippen LogP contribution in [0.5, 0.6) is 0 Å². The van der Waals surface area contributed by atoms with E-state index in [0.29, 0.717) is 0 Å². The zero-order valence-electron chi connectivity index (χ0n) is 15.2. The number of fused-ring (bicyclic) bond motifs is 1. The molecule has 0 amide bonds. The van der Waals surface area contributed by atoms with Crippen molar-refractivity contribution in [1.29, 1.82) is 0 Å². The van der Waals surface area contributed by atoms with Gasteiger partial charge in [0.25, 0.3) is 0 Å². The Morgan fingerprint density at radius 3 is 2.12 bits per heavy atom. The van der Waals surface area contributed by atoms with Gasteiger partial charge in [-0.2, -0.15) is 0 Å². The number of rotatable bonds is 3. The van der Waals surface area contributed by atoms with Gasteiger partial charge in [0, 0.05) is 22.7 Å². The molecule has 1 N–H and O–H groups in total. The van der Waals surface area contributed by atoms with E-state index in [-0.39, 0.29) is 5.04 Å². The van der Waals surface area contributed by atoms with Crippen LogP contribution < -0.4 is 0 Å². The molecule has 1 unspecified atom stereocenters. The standard InChI is InChI=1S/C21H27NOSi/c1-21(2,3)24(4,5)22-15-18(17-13-9-10-14-19(17)22)20(23)16-11-7-6-8-12-16/h6-15,20,23H,1-5H3. The Hall–Kier alpha value is -1.84. The molecule has 3 rings (SSSR count). The maximum absolute atomic E-state index is 11.0. The van der Waals surface area contributed by atoms with E-state index in [1.807, 2.05) is 30.3 Å². The molecule has 24 heavy (non-hydrogen) atoms. The monoisotopic (exact) mass is 337 g/mol. The van der Waals surface area contributed by atoms with Crippen molar-refractivity contribution in [2.24, 2.45) is 0 Å². The van der Waals surface area contributed by atoms with Crippen LogP contribution in [0, 0.1) is 0 Å². The zero-order chi connectivity index (χ0) is 17.5. The maximum atomic E-state index is 11.0. The SMILES string of the molecule is CC(C)(C)[Si](C)(C)n1cc(C(O)c2ccccc2)c2ccccc21. The van der Waals surface area contributed by atoms with Crippen LogP contribution >= 0.6 is 0 Å². The maximum Gasteiger partial charge on any atom is 0.161 e. The number of aliphatic hydroxyl groups excluding tert-OH is 1. The van der Waals surface area contributed by atoms with Gasteiger partial charge in [0.1, 0.15) is 6.10 Å². The number of hydrogen-bond acceptors (Lipinski definition) is 1. The Bertz CT molecular complexity index is 843. The van der Waals surface area contributed by atoms with Crippen molar-refractivity contribution in [2.45, 2.75) is 45.0 Å². The molecule has 0 aliphatic rings. The van der Waals surface area contributed by atoms with Crippen molar-refractivity contribution >= 4 is 19.1 Å². The first-order chi connectivity index (χ1) is 11.2. The average molecular weight is 338 g/mol. The van der Waals surface area contributed by atoms with Gasteiger partial charge >= 0.3 is 0 Å². The summed E-state index contributed by atoms with van der Waals surface area (Å²) in [6.07, 6.45) is 1.60. The van der Waals surface area contributed by atoms with Crippen LogP contribution in [0.1, 0.15) is 38.0 Å². The molecule has 0 bridgehead atoms. The molecule has 1 atom stereocenters. The number of aliphatic hydroxyl groups is 1. The van der Waals surface area contributed by atoms with Crippen LogP contribution in [0.25, 0.3) is 10.9 Å². The summed E-state index contributed by atoms with van der Waals surface area (Å²) in [4.78, 5) is 0. The summed E-state index contributed by atoms with van der Waals surface area (Å²) in [6.45, 7) is 11.8. The second-order valence-corrected chi connectivity index (χ2v) is 13.2. The molecule has 0 spiro atoms. The van der Waals surface area contributed by atoms with E-state index in [1.54, 1.807) is 0 Å². The Morgan fingerprint density at radius 1 is 0.917 bits per heavy atom. The highest BCUT2D eigenvalue weighted by Gasteiger charge is 2.38. The number of hydrogen-bond donors (Lipinski definition) is 1. The van der Waals surface area contributed by atoms with Crippen LogP contribution in [0.3, 0.4) is 0 Å². The van der Waals surface area contributed by atoms with Crippen molar-refractivity contribution in [3.8, 4) is 0 Å². The Kier molecular flexibility index (Phi) is 4.18. The molecule has 2 nitrogen and oxygen atoms in total. The molecule has 1 aromatic heterocycles. The van der Waals surface area contributed by atoms with Crippen LogP contribution in [0.15, 0.2) is 60.8 Å². The lowest BCUT2D eigenvalue weighted by molar-refractivity contribution is 0.222. The summed E-state index contributed by atoms with van der Waals surface area (Å²) in [5.74, 6) is 0. The fourth-order valence-electron chi connectivity index (χ4n) is 3.06. The lowest BCUT2D eigenvalue weighted by atomic mass is 10.0. The molecule has 0 saturated carbocycles. The largest absolute Gasteiger partial charge is 0.384 e. The number of para-hydroxylation sites is 1. The normalized spacial score (nSPS) is 14.1. The molecule has 126 valence electrons. The van der Waals surface area contributed by atoms with Crippen LogP contribution in [0.4, 0.5) is 0 Å². The summed E-state index contributed by atoms with van der Waals surface area (Å²) in [6, 6.07) is 18.4. The molecule has 3 aromatic rings. The van der Waals surface area contributed by atoms with E-state index in [1.165, 1.54) is 5.52 Å². The fourth-order valence-corrected chi connectivity index (χ4v) is 5.04. The number of nitrogens with zero attached hydrogens (tertiary/aromatic N) is 1. The van der Waals surface area contributed by atoms with Crippen LogP contribution in [0.2, 0.25) is 18.1 Å². The highest BCUT2D eigenvalue weighted by atomic mass is 28.3. The Labute approximate surface area is 145 Å². The van der Waals surface area contributed by atoms with Crippen LogP contribution in [-0.4, -0.2) is 17.6 Å². The highest BCUT2D eigenvalue weighted by molar-refractivity contribution is 6.79. The summed E-state index contributed by atoms with van der Waals surface area (Å²) in [5, 5.41) is 12.4. The summed E-state index contributed by atoms with van der Waals surface area (Å²) < 4.78 is 2.46. The molecular weight excluding hydrogens is 310 g/mol. The second kappa shape index (κ2) is 5.90. The van der Waals surface area contributed by atoms with Gasteiger partial charge in [0.15, 0.2) is 8.24 Å². The van der Waals surface area contributed by atoms with Crippen LogP contribution in [-0.2, 0) is 0 Å². The average Bonchev–Trinajstić information content (AvgIpc) is 2.94. The topological polar surface area (TPSA) is 25.2 Å². The van der Waals surface area contributed by atoms with Crippen molar-refractivity contribution in [2.75, 3.05) is 0 Å². The van der Waals surface area contributed by atoms with Crippen molar-refractivity contribution in [3.63, 3.8) is 0 Å². The highest BCUT2D eigenvalue weighted by Crippen LogP contribution is 2.41. The van der Waals surface area contributed by atoms with E-state index in [9.17, 15) is 5.11 Å². The molecule has 0 radical (unpaired) electrons. The molecule has 0 saturated heterocycles. The van der Waals surface area contributed by atoms with E-state index in [2.05, 4.69) is 68.6 Å². The second-order valence-electron chi connectivity index (χ2n) is 8.09. The van der Waals surface area contributed by atoms with Gasteiger partial charge in [-0.15, -0.1) is 0 Å². The van der Waals surface area contributed by atoms with Gasteiger partial charge in [-0.1, -0.05) is 82.4 Å². The summed E-state index contributed by atoms with van der Waals surface area (Å²) >= 11 is 0. The van der Waals surface area contributed by atoms with Crippen molar-refractivity contribution in [1.82, 2.24) is 4.23 Å². The Morgan fingerprint density at radius 2 is 1.50 bits per heavy atom. The predicted octanol–water partition coefficient (Wildman–Crippen LogP) is 5.58. The van der Waals surface area contributed by atoms with Gasteiger partial charge in [-0.05, 0) is 16.7 Å². The third-order valence-corrected chi connectivity index (χ3v) is 10.8. The molecular formula is C21H27NOSi. The summed E-state index contributed by atoms with van der Waals surface area (Å²) in [5.41, 5.74) is 3.17. The molecule has 2 aromatic carbocycles. The minimum Gasteiger partial charge on any atom is -0.384 e. The molecule has 0 aliphatic carbocycles. The quantitative estimate of drug-likeness (QED) is 0.620. The predicted molar refractivity (Wildman–Crippen MR) is 105 cm³/mol. The van der Waals surface area contributed by atoms with E-state index in [0.717, 1.165) is 16.5 Å². The lowest BCUT2D eigenvalue weighted by Crippen LogP contribution is -2.44. The minimum absolute atomic E-state index is 0.226. The molecule has 0 aliphatic heterocycles. The molecule has 0 fully saturated rings. The number of benzene rings is 2. The first-order valence-electron chi connectivity index (χ1n) is 8.57. The molecule has 1 heterocycles. The minimum atomic E-state index is -1.77. The van der Waals surface area contributed by atoms with Gasteiger partial charge in [-0.25, -0.2) is 0 Å². The van der Waals surface area contributed by atoms with Gasteiger partial charge in [0.2, 0.25) is 0 Å². The van der Waals surface area contributed by atoms with E-state index >= 15 is 0 Å². The van der Waals surface area contributed by atoms with Crippen molar-refractivity contribution < 1.29 is 5.11 Å². The van der Waals surface area contributed by atoms with E-state index < -0.39 is 14.3 Å². The first kappa shape index (κ1) is 17.0. The fraction of sp³-hybridized carbons (Fsp3) is 0.333. The number of aromatic nitrogens is 1. The molecule has 3 heteroatoms.